The Kier molecular flexibility index (Phi) is 5.23. The molecule has 0 radical (unpaired) electrons. The largest absolute Gasteiger partial charge is 0.313 e. The second-order valence-electron chi connectivity index (χ2n) is 5.50. The van der Waals surface area contributed by atoms with Crippen molar-refractivity contribution in [3.05, 3.63) is 34.6 Å². The molecule has 0 spiro atoms. The fourth-order valence-electron chi connectivity index (χ4n) is 2.81. The maximum atomic E-state index is 14.2. The number of hydrogen-bond acceptors (Lipinski definition) is 1. The molecule has 0 bridgehead atoms. The van der Waals surface area contributed by atoms with E-state index in [4.69, 9.17) is 11.6 Å². The van der Waals surface area contributed by atoms with Crippen LogP contribution in [-0.2, 0) is 0 Å². The SMILES string of the molecule is CCC(CC)C(CNC1CC1)c1c(F)cccc1Cl. The summed E-state index contributed by atoms with van der Waals surface area (Å²) in [7, 11) is 0. The van der Waals surface area contributed by atoms with Crippen molar-refractivity contribution in [2.24, 2.45) is 5.92 Å². The highest BCUT2D eigenvalue weighted by Crippen LogP contribution is 2.36. The number of benzene rings is 1. The lowest BCUT2D eigenvalue weighted by Gasteiger charge is -2.27. The molecule has 106 valence electrons. The van der Waals surface area contributed by atoms with Gasteiger partial charge in [0.1, 0.15) is 5.82 Å². The van der Waals surface area contributed by atoms with Crippen LogP contribution in [0.2, 0.25) is 5.02 Å². The summed E-state index contributed by atoms with van der Waals surface area (Å²) in [4.78, 5) is 0. The van der Waals surface area contributed by atoms with E-state index in [0.717, 1.165) is 19.4 Å². The first-order valence-corrected chi connectivity index (χ1v) is 7.72. The van der Waals surface area contributed by atoms with Gasteiger partial charge in [0.15, 0.2) is 0 Å². The fraction of sp³-hybridized carbons (Fsp3) is 0.625. The minimum atomic E-state index is -0.165. The zero-order valence-electron chi connectivity index (χ0n) is 11.8. The van der Waals surface area contributed by atoms with Crippen molar-refractivity contribution in [3.63, 3.8) is 0 Å². The Morgan fingerprint density at radius 1 is 1.32 bits per heavy atom. The second-order valence-corrected chi connectivity index (χ2v) is 5.91. The van der Waals surface area contributed by atoms with Crippen molar-refractivity contribution >= 4 is 11.6 Å². The average molecular weight is 284 g/mol. The molecule has 3 heteroatoms. The highest BCUT2D eigenvalue weighted by Gasteiger charge is 2.28. The molecule has 1 unspecified atom stereocenters. The highest BCUT2D eigenvalue weighted by molar-refractivity contribution is 6.31. The number of rotatable bonds is 7. The molecular formula is C16H23ClFN. The maximum absolute atomic E-state index is 14.2. The summed E-state index contributed by atoms with van der Waals surface area (Å²) in [6, 6.07) is 5.64. The first kappa shape index (κ1) is 14.8. The van der Waals surface area contributed by atoms with Gasteiger partial charge in [0.2, 0.25) is 0 Å². The van der Waals surface area contributed by atoms with Gasteiger partial charge in [0.05, 0.1) is 0 Å². The first-order valence-electron chi connectivity index (χ1n) is 7.34. The summed E-state index contributed by atoms with van der Waals surface area (Å²) in [6.45, 7) is 5.18. The van der Waals surface area contributed by atoms with Gasteiger partial charge in [0, 0.05) is 29.1 Å². The summed E-state index contributed by atoms with van der Waals surface area (Å²) in [6.07, 6.45) is 4.61. The van der Waals surface area contributed by atoms with Crippen LogP contribution in [0.25, 0.3) is 0 Å². The predicted molar refractivity (Wildman–Crippen MR) is 79.2 cm³/mol. The topological polar surface area (TPSA) is 12.0 Å². The molecular weight excluding hydrogens is 261 g/mol. The van der Waals surface area contributed by atoms with Crippen molar-refractivity contribution in [3.8, 4) is 0 Å². The molecule has 0 saturated heterocycles. The van der Waals surface area contributed by atoms with Crippen LogP contribution < -0.4 is 5.32 Å². The number of nitrogens with one attached hydrogen (secondary N) is 1. The van der Waals surface area contributed by atoms with E-state index in [1.807, 2.05) is 0 Å². The highest BCUT2D eigenvalue weighted by atomic mass is 35.5. The van der Waals surface area contributed by atoms with E-state index in [1.165, 1.54) is 18.9 Å². The normalized spacial score (nSPS) is 16.9. The van der Waals surface area contributed by atoms with Crippen molar-refractivity contribution in [1.82, 2.24) is 5.32 Å². The molecule has 0 aliphatic heterocycles. The zero-order chi connectivity index (χ0) is 13.8. The Balaban J connectivity index is 2.23. The van der Waals surface area contributed by atoms with Crippen molar-refractivity contribution in [2.75, 3.05) is 6.54 Å². The number of halogens is 2. The van der Waals surface area contributed by atoms with Crippen LogP contribution >= 0.6 is 11.6 Å². The molecule has 0 amide bonds. The Morgan fingerprint density at radius 2 is 2.00 bits per heavy atom. The van der Waals surface area contributed by atoms with Crippen LogP contribution in [-0.4, -0.2) is 12.6 Å². The smallest absolute Gasteiger partial charge is 0.128 e. The Morgan fingerprint density at radius 3 is 2.53 bits per heavy atom. The Labute approximate surface area is 120 Å². The van der Waals surface area contributed by atoms with Crippen molar-refractivity contribution in [2.45, 2.75) is 51.5 Å². The van der Waals surface area contributed by atoms with Gasteiger partial charge in [-0.3, -0.25) is 0 Å². The van der Waals surface area contributed by atoms with Gasteiger partial charge in [-0.1, -0.05) is 44.4 Å². The zero-order valence-corrected chi connectivity index (χ0v) is 12.5. The van der Waals surface area contributed by atoms with Gasteiger partial charge < -0.3 is 5.32 Å². The average Bonchev–Trinajstić information content (AvgIpc) is 3.20. The number of hydrogen-bond donors (Lipinski definition) is 1. The predicted octanol–water partition coefficient (Wildman–Crippen LogP) is 4.75. The van der Waals surface area contributed by atoms with Gasteiger partial charge in [-0.05, 0) is 30.9 Å². The molecule has 1 aliphatic rings. The van der Waals surface area contributed by atoms with Gasteiger partial charge in [-0.25, -0.2) is 4.39 Å². The minimum Gasteiger partial charge on any atom is -0.313 e. The summed E-state index contributed by atoms with van der Waals surface area (Å²) in [5, 5.41) is 4.10. The molecule has 1 saturated carbocycles. The summed E-state index contributed by atoms with van der Waals surface area (Å²) < 4.78 is 14.2. The van der Waals surface area contributed by atoms with Gasteiger partial charge in [0.25, 0.3) is 0 Å². The van der Waals surface area contributed by atoms with E-state index < -0.39 is 0 Å². The van der Waals surface area contributed by atoms with E-state index >= 15 is 0 Å². The monoisotopic (exact) mass is 283 g/mol. The standard InChI is InChI=1S/C16H23ClFN/c1-3-11(4-2)13(10-19-12-8-9-12)16-14(17)6-5-7-15(16)18/h5-7,11-13,19H,3-4,8-10H2,1-2H3. The van der Waals surface area contributed by atoms with E-state index in [1.54, 1.807) is 12.1 Å². The molecule has 19 heavy (non-hydrogen) atoms. The maximum Gasteiger partial charge on any atom is 0.128 e. The lowest BCUT2D eigenvalue weighted by atomic mass is 9.82. The summed E-state index contributed by atoms with van der Waals surface area (Å²) in [5.41, 5.74) is 0.700. The Hall–Kier alpha value is -0.600. The third kappa shape index (κ3) is 3.70. The first-order chi connectivity index (χ1) is 9.17. The van der Waals surface area contributed by atoms with Crippen molar-refractivity contribution in [1.29, 1.82) is 0 Å². The lowest BCUT2D eigenvalue weighted by Crippen LogP contribution is -2.28. The van der Waals surface area contributed by atoms with E-state index in [9.17, 15) is 4.39 Å². The summed E-state index contributed by atoms with van der Waals surface area (Å²) in [5.74, 6) is 0.479. The summed E-state index contributed by atoms with van der Waals surface area (Å²) >= 11 is 6.25. The quantitative estimate of drug-likeness (QED) is 0.761. The van der Waals surface area contributed by atoms with E-state index in [-0.39, 0.29) is 11.7 Å². The molecule has 1 aliphatic carbocycles. The fourth-order valence-corrected chi connectivity index (χ4v) is 3.11. The molecule has 1 N–H and O–H groups in total. The second kappa shape index (κ2) is 6.71. The molecule has 1 aromatic rings. The molecule has 1 nitrogen and oxygen atoms in total. The van der Waals surface area contributed by atoms with Gasteiger partial charge >= 0.3 is 0 Å². The molecule has 0 aromatic heterocycles. The van der Waals surface area contributed by atoms with Crippen LogP contribution in [0.1, 0.15) is 51.0 Å². The van der Waals surface area contributed by atoms with E-state index in [0.29, 0.717) is 22.5 Å². The van der Waals surface area contributed by atoms with Crippen molar-refractivity contribution < 1.29 is 4.39 Å². The van der Waals surface area contributed by atoms with Crippen LogP contribution in [0.4, 0.5) is 4.39 Å². The van der Waals surface area contributed by atoms with Crippen LogP contribution in [0.15, 0.2) is 18.2 Å². The van der Waals surface area contributed by atoms with E-state index in [2.05, 4.69) is 19.2 Å². The Bertz CT molecular complexity index is 393. The van der Waals surface area contributed by atoms with Crippen LogP contribution in [0.3, 0.4) is 0 Å². The van der Waals surface area contributed by atoms with Gasteiger partial charge in [-0.2, -0.15) is 0 Å². The molecule has 2 rings (SSSR count). The molecule has 1 fully saturated rings. The van der Waals surface area contributed by atoms with Gasteiger partial charge in [-0.15, -0.1) is 0 Å². The van der Waals surface area contributed by atoms with Crippen LogP contribution in [0, 0.1) is 11.7 Å². The van der Waals surface area contributed by atoms with Crippen LogP contribution in [0.5, 0.6) is 0 Å². The third-order valence-corrected chi connectivity index (χ3v) is 4.52. The molecule has 0 heterocycles. The molecule has 1 aromatic carbocycles. The minimum absolute atomic E-state index is 0.165. The molecule has 1 atom stereocenters. The lowest BCUT2D eigenvalue weighted by molar-refractivity contribution is 0.369. The third-order valence-electron chi connectivity index (χ3n) is 4.19.